The Morgan fingerprint density at radius 3 is 2.40 bits per heavy atom. The summed E-state index contributed by atoms with van der Waals surface area (Å²) in [6.45, 7) is 0.325. The van der Waals surface area contributed by atoms with E-state index in [4.69, 9.17) is 4.42 Å². The van der Waals surface area contributed by atoms with Gasteiger partial charge in [-0.1, -0.05) is 0 Å². The van der Waals surface area contributed by atoms with Crippen molar-refractivity contribution in [1.29, 1.82) is 0 Å². The van der Waals surface area contributed by atoms with Gasteiger partial charge < -0.3 is 14.8 Å². The van der Waals surface area contributed by atoms with E-state index in [9.17, 15) is 14.7 Å². The number of carbonyl (C=O) groups excluding carboxylic acids is 1. The van der Waals surface area contributed by atoms with Crippen LogP contribution in [0.15, 0.2) is 22.8 Å². The van der Waals surface area contributed by atoms with Crippen LogP contribution < -0.4 is 5.32 Å². The number of carboxylic acids is 1. The highest BCUT2D eigenvalue weighted by Gasteiger charge is 2.50. The lowest BCUT2D eigenvalue weighted by molar-refractivity contribution is -0.158. The standard InChI is InChI=1S/C15H19NO4/c17-14(16-8-11-2-1-7-20-11)12-9-3-5-10(6-4-9)13(12)15(18)19/h1-2,7,9-10,12-13H,3-6,8H2,(H,16,17)(H,18,19). The largest absolute Gasteiger partial charge is 0.481 e. The number of carboxylic acid groups (broad SMARTS) is 1. The number of hydrogen-bond acceptors (Lipinski definition) is 3. The summed E-state index contributed by atoms with van der Waals surface area (Å²) in [7, 11) is 0. The Labute approximate surface area is 117 Å². The lowest BCUT2D eigenvalue weighted by atomic mass is 9.58. The van der Waals surface area contributed by atoms with Gasteiger partial charge in [0, 0.05) is 0 Å². The number of aliphatic carboxylic acids is 1. The van der Waals surface area contributed by atoms with Crippen LogP contribution in [-0.2, 0) is 16.1 Å². The lowest BCUT2D eigenvalue weighted by Gasteiger charge is -2.45. The zero-order chi connectivity index (χ0) is 14.1. The number of carbonyl (C=O) groups is 2. The first-order valence-corrected chi connectivity index (χ1v) is 7.19. The Morgan fingerprint density at radius 2 is 1.85 bits per heavy atom. The summed E-state index contributed by atoms with van der Waals surface area (Å²) in [6, 6.07) is 3.56. The number of rotatable bonds is 4. The predicted octanol–water partition coefficient (Wildman–Crippen LogP) is 2.03. The highest BCUT2D eigenvalue weighted by molar-refractivity contribution is 5.85. The van der Waals surface area contributed by atoms with Gasteiger partial charge in [0.15, 0.2) is 0 Å². The molecule has 4 rings (SSSR count). The Kier molecular flexibility index (Phi) is 3.51. The quantitative estimate of drug-likeness (QED) is 0.882. The van der Waals surface area contributed by atoms with Crippen LogP contribution in [0, 0.1) is 23.7 Å². The Bertz CT molecular complexity index is 488. The van der Waals surface area contributed by atoms with Gasteiger partial charge in [-0.15, -0.1) is 0 Å². The fraction of sp³-hybridized carbons (Fsp3) is 0.600. The molecule has 3 fully saturated rings. The number of hydrogen-bond donors (Lipinski definition) is 2. The van der Waals surface area contributed by atoms with Crippen LogP contribution >= 0.6 is 0 Å². The van der Waals surface area contributed by atoms with Gasteiger partial charge in [0.1, 0.15) is 5.76 Å². The number of fused-ring (bicyclic) bond motifs is 3. The molecular formula is C15H19NO4. The smallest absolute Gasteiger partial charge is 0.307 e. The molecule has 2 bridgehead atoms. The van der Waals surface area contributed by atoms with Crippen LogP contribution in [0.1, 0.15) is 31.4 Å². The zero-order valence-corrected chi connectivity index (χ0v) is 11.2. The Morgan fingerprint density at radius 1 is 1.20 bits per heavy atom. The molecule has 3 saturated carbocycles. The monoisotopic (exact) mass is 277 g/mol. The molecule has 3 aliphatic carbocycles. The minimum atomic E-state index is -0.822. The van der Waals surface area contributed by atoms with Crippen molar-refractivity contribution in [3.63, 3.8) is 0 Å². The molecule has 108 valence electrons. The molecule has 20 heavy (non-hydrogen) atoms. The molecule has 2 unspecified atom stereocenters. The van der Waals surface area contributed by atoms with Gasteiger partial charge in [-0.3, -0.25) is 9.59 Å². The van der Waals surface area contributed by atoms with Crippen molar-refractivity contribution >= 4 is 11.9 Å². The number of amides is 1. The summed E-state index contributed by atoms with van der Waals surface area (Å²) in [5, 5.41) is 12.3. The molecule has 1 amide bonds. The first-order chi connectivity index (χ1) is 9.66. The molecular weight excluding hydrogens is 258 g/mol. The first kappa shape index (κ1) is 13.2. The van der Waals surface area contributed by atoms with Crippen LogP contribution in [-0.4, -0.2) is 17.0 Å². The summed E-state index contributed by atoms with van der Waals surface area (Å²) in [5.41, 5.74) is 0. The summed E-state index contributed by atoms with van der Waals surface area (Å²) in [5.74, 6) is -0.782. The van der Waals surface area contributed by atoms with Crippen molar-refractivity contribution in [2.75, 3.05) is 0 Å². The van der Waals surface area contributed by atoms with Crippen LogP contribution in [0.3, 0.4) is 0 Å². The third-order valence-corrected chi connectivity index (χ3v) is 4.82. The van der Waals surface area contributed by atoms with Gasteiger partial charge in [-0.2, -0.15) is 0 Å². The minimum Gasteiger partial charge on any atom is -0.481 e. The molecule has 1 aromatic rings. The Balaban J connectivity index is 1.70. The normalized spacial score (nSPS) is 32.0. The van der Waals surface area contributed by atoms with Gasteiger partial charge in [-0.25, -0.2) is 0 Å². The average molecular weight is 277 g/mol. The van der Waals surface area contributed by atoms with Crippen LogP contribution in [0.5, 0.6) is 0 Å². The maximum Gasteiger partial charge on any atom is 0.307 e. The Hall–Kier alpha value is -1.78. The summed E-state index contributed by atoms with van der Waals surface area (Å²) in [6.07, 6.45) is 5.41. The second-order valence-electron chi connectivity index (χ2n) is 5.86. The van der Waals surface area contributed by atoms with Crippen molar-refractivity contribution in [2.45, 2.75) is 32.2 Å². The third kappa shape index (κ3) is 2.32. The molecule has 1 heterocycles. The molecule has 5 nitrogen and oxygen atoms in total. The summed E-state index contributed by atoms with van der Waals surface area (Å²) >= 11 is 0. The van der Waals surface area contributed by atoms with E-state index in [0.717, 1.165) is 25.7 Å². The zero-order valence-electron chi connectivity index (χ0n) is 11.2. The molecule has 1 aromatic heterocycles. The van der Waals surface area contributed by atoms with E-state index in [0.29, 0.717) is 12.3 Å². The van der Waals surface area contributed by atoms with E-state index in [1.165, 1.54) is 0 Å². The van der Waals surface area contributed by atoms with E-state index in [2.05, 4.69) is 5.32 Å². The average Bonchev–Trinajstić information content (AvgIpc) is 2.98. The van der Waals surface area contributed by atoms with E-state index >= 15 is 0 Å². The van der Waals surface area contributed by atoms with E-state index in [1.807, 2.05) is 0 Å². The number of nitrogens with one attached hydrogen (secondary N) is 1. The van der Waals surface area contributed by atoms with Crippen LogP contribution in [0.2, 0.25) is 0 Å². The van der Waals surface area contributed by atoms with Crippen molar-refractivity contribution in [1.82, 2.24) is 5.32 Å². The fourth-order valence-corrected chi connectivity index (χ4v) is 3.89. The van der Waals surface area contributed by atoms with Crippen molar-refractivity contribution < 1.29 is 19.1 Å². The molecule has 0 spiro atoms. The van der Waals surface area contributed by atoms with Gasteiger partial charge in [0.25, 0.3) is 0 Å². The highest BCUT2D eigenvalue weighted by atomic mass is 16.4. The molecule has 2 N–H and O–H groups in total. The topological polar surface area (TPSA) is 79.5 Å². The van der Waals surface area contributed by atoms with E-state index < -0.39 is 11.9 Å². The van der Waals surface area contributed by atoms with Crippen molar-refractivity contribution in [3.05, 3.63) is 24.2 Å². The maximum atomic E-state index is 12.4. The SMILES string of the molecule is O=C(O)C1C2CCC(CC2)C1C(=O)NCc1ccco1. The van der Waals surface area contributed by atoms with E-state index in [1.54, 1.807) is 18.4 Å². The maximum absolute atomic E-state index is 12.4. The fourth-order valence-electron chi connectivity index (χ4n) is 3.89. The summed E-state index contributed by atoms with van der Waals surface area (Å²) in [4.78, 5) is 23.9. The first-order valence-electron chi connectivity index (χ1n) is 7.19. The molecule has 0 aliphatic heterocycles. The highest BCUT2D eigenvalue weighted by Crippen LogP contribution is 2.49. The minimum absolute atomic E-state index is 0.136. The van der Waals surface area contributed by atoms with Gasteiger partial charge in [0.05, 0.1) is 24.6 Å². The van der Waals surface area contributed by atoms with Gasteiger partial charge in [0.2, 0.25) is 5.91 Å². The molecule has 3 aliphatic rings. The lowest BCUT2D eigenvalue weighted by Crippen LogP contribution is -2.50. The molecule has 0 aromatic carbocycles. The van der Waals surface area contributed by atoms with Crippen molar-refractivity contribution in [2.24, 2.45) is 23.7 Å². The molecule has 2 atom stereocenters. The third-order valence-electron chi connectivity index (χ3n) is 4.82. The second kappa shape index (κ2) is 5.31. The molecule has 0 radical (unpaired) electrons. The van der Waals surface area contributed by atoms with Crippen molar-refractivity contribution in [3.8, 4) is 0 Å². The van der Waals surface area contributed by atoms with Gasteiger partial charge in [-0.05, 0) is 49.7 Å². The molecule has 5 heteroatoms. The summed E-state index contributed by atoms with van der Waals surface area (Å²) < 4.78 is 5.18. The predicted molar refractivity (Wildman–Crippen MR) is 70.6 cm³/mol. The van der Waals surface area contributed by atoms with Gasteiger partial charge >= 0.3 is 5.97 Å². The van der Waals surface area contributed by atoms with E-state index in [-0.39, 0.29) is 23.7 Å². The second-order valence-corrected chi connectivity index (χ2v) is 5.86. The van der Waals surface area contributed by atoms with Crippen LogP contribution in [0.25, 0.3) is 0 Å². The number of furan rings is 1. The molecule has 0 saturated heterocycles. The van der Waals surface area contributed by atoms with Crippen LogP contribution in [0.4, 0.5) is 0 Å².